The molecule has 1 aromatic rings. The van der Waals surface area contributed by atoms with Gasteiger partial charge in [-0.1, -0.05) is 20.8 Å². The van der Waals surface area contributed by atoms with Gasteiger partial charge in [-0.3, -0.25) is 4.79 Å². The van der Waals surface area contributed by atoms with Crippen LogP contribution in [0.25, 0.3) is 0 Å². The Morgan fingerprint density at radius 3 is 2.53 bits per heavy atom. The molecule has 1 rings (SSSR count). The number of amides is 1. The second kappa shape index (κ2) is 5.65. The van der Waals surface area contributed by atoms with E-state index in [0.717, 1.165) is 9.75 Å². The van der Waals surface area contributed by atoms with Gasteiger partial charge < -0.3 is 10.4 Å². The summed E-state index contributed by atoms with van der Waals surface area (Å²) in [6, 6.07) is 3.77. The number of carbonyl (C=O) groups excluding carboxylic acids is 1. The Morgan fingerprint density at radius 2 is 2.12 bits per heavy atom. The van der Waals surface area contributed by atoms with Crippen molar-refractivity contribution in [2.75, 3.05) is 6.61 Å². The highest BCUT2D eigenvalue weighted by molar-refractivity contribution is 7.13. The maximum Gasteiger partial charge on any atom is 0.261 e. The molecule has 0 saturated carbocycles. The summed E-state index contributed by atoms with van der Waals surface area (Å²) in [6.45, 7) is 8.26. The first kappa shape index (κ1) is 14.2. The lowest BCUT2D eigenvalue weighted by molar-refractivity contribution is 0.0889. The van der Waals surface area contributed by atoms with Crippen LogP contribution in [0.15, 0.2) is 12.1 Å². The van der Waals surface area contributed by atoms with Gasteiger partial charge in [0.05, 0.1) is 4.88 Å². The predicted octanol–water partition coefficient (Wildman–Crippen LogP) is 2.58. The first-order valence-electron chi connectivity index (χ1n) is 5.82. The molecular formula is C13H21NO2S. The van der Waals surface area contributed by atoms with Crippen molar-refractivity contribution in [2.24, 2.45) is 5.41 Å². The van der Waals surface area contributed by atoms with Gasteiger partial charge in [0, 0.05) is 17.5 Å². The van der Waals surface area contributed by atoms with Crippen LogP contribution in [0.3, 0.4) is 0 Å². The normalized spacial score (nSPS) is 13.5. The molecule has 1 aromatic heterocycles. The van der Waals surface area contributed by atoms with Crippen molar-refractivity contribution >= 4 is 17.2 Å². The molecule has 1 amide bonds. The van der Waals surface area contributed by atoms with E-state index in [9.17, 15) is 4.79 Å². The zero-order valence-electron chi connectivity index (χ0n) is 10.9. The molecule has 0 spiro atoms. The van der Waals surface area contributed by atoms with Crippen LogP contribution in [-0.2, 0) is 0 Å². The minimum atomic E-state index is -0.0509. The molecule has 0 aromatic carbocycles. The number of aliphatic hydroxyl groups excluding tert-OH is 1. The van der Waals surface area contributed by atoms with Crippen LogP contribution in [0.1, 0.15) is 41.7 Å². The van der Waals surface area contributed by atoms with Crippen LogP contribution in [0.5, 0.6) is 0 Å². The first-order chi connectivity index (χ1) is 7.84. The minimum Gasteiger partial charge on any atom is -0.396 e. The van der Waals surface area contributed by atoms with E-state index in [-0.39, 0.29) is 24.0 Å². The number of hydrogen-bond donors (Lipinski definition) is 2. The average Bonchev–Trinajstić information content (AvgIpc) is 2.62. The number of aliphatic hydroxyl groups is 1. The molecule has 17 heavy (non-hydrogen) atoms. The Labute approximate surface area is 107 Å². The fourth-order valence-electron chi connectivity index (χ4n) is 1.64. The predicted molar refractivity (Wildman–Crippen MR) is 71.5 cm³/mol. The van der Waals surface area contributed by atoms with Gasteiger partial charge in [-0.2, -0.15) is 0 Å². The van der Waals surface area contributed by atoms with Crippen molar-refractivity contribution < 1.29 is 9.90 Å². The number of thiophene rings is 1. The maximum atomic E-state index is 12.0. The van der Waals surface area contributed by atoms with Gasteiger partial charge in [0.2, 0.25) is 0 Å². The van der Waals surface area contributed by atoms with Crippen molar-refractivity contribution in [1.82, 2.24) is 5.32 Å². The molecule has 3 nitrogen and oxygen atoms in total. The number of nitrogens with one attached hydrogen (secondary N) is 1. The Balaban J connectivity index is 2.71. The number of rotatable bonds is 4. The van der Waals surface area contributed by atoms with E-state index in [0.29, 0.717) is 6.42 Å². The summed E-state index contributed by atoms with van der Waals surface area (Å²) in [5.74, 6) is -0.0449. The standard InChI is InChI=1S/C13H21NO2S/c1-9-5-6-10(17-9)12(16)14-11(7-8-15)13(2,3)4/h5-6,11,15H,7-8H2,1-4H3,(H,14,16). The van der Waals surface area contributed by atoms with E-state index in [4.69, 9.17) is 5.11 Å². The lowest BCUT2D eigenvalue weighted by Crippen LogP contribution is -2.44. The van der Waals surface area contributed by atoms with Gasteiger partial charge in [0.15, 0.2) is 0 Å². The van der Waals surface area contributed by atoms with Crippen molar-refractivity contribution in [3.8, 4) is 0 Å². The Morgan fingerprint density at radius 1 is 1.47 bits per heavy atom. The quantitative estimate of drug-likeness (QED) is 0.868. The summed E-state index contributed by atoms with van der Waals surface area (Å²) in [6.07, 6.45) is 0.583. The number of hydrogen-bond acceptors (Lipinski definition) is 3. The summed E-state index contributed by atoms with van der Waals surface area (Å²) >= 11 is 1.49. The van der Waals surface area contributed by atoms with Gasteiger partial charge >= 0.3 is 0 Å². The zero-order valence-corrected chi connectivity index (χ0v) is 11.7. The molecule has 0 fully saturated rings. The topological polar surface area (TPSA) is 49.3 Å². The molecule has 1 heterocycles. The number of carbonyl (C=O) groups is 1. The highest BCUT2D eigenvalue weighted by atomic mass is 32.1. The van der Waals surface area contributed by atoms with E-state index < -0.39 is 0 Å². The van der Waals surface area contributed by atoms with Gasteiger partial charge in [-0.15, -0.1) is 11.3 Å². The third-order valence-corrected chi connectivity index (χ3v) is 3.73. The third kappa shape index (κ3) is 4.13. The summed E-state index contributed by atoms with van der Waals surface area (Å²) in [5.41, 5.74) is -0.0509. The summed E-state index contributed by atoms with van der Waals surface area (Å²) < 4.78 is 0. The average molecular weight is 255 g/mol. The second-order valence-electron chi connectivity index (χ2n) is 5.31. The van der Waals surface area contributed by atoms with Gasteiger partial charge in [-0.05, 0) is 30.9 Å². The molecule has 0 aliphatic rings. The SMILES string of the molecule is Cc1ccc(C(=O)NC(CCO)C(C)(C)C)s1. The second-order valence-corrected chi connectivity index (χ2v) is 6.60. The van der Waals surface area contributed by atoms with Crippen LogP contribution in [-0.4, -0.2) is 23.7 Å². The molecule has 0 radical (unpaired) electrons. The Bertz CT molecular complexity index is 379. The van der Waals surface area contributed by atoms with Crippen LogP contribution >= 0.6 is 11.3 Å². The lowest BCUT2D eigenvalue weighted by atomic mass is 9.85. The molecule has 96 valence electrons. The van der Waals surface area contributed by atoms with Gasteiger partial charge in [0.25, 0.3) is 5.91 Å². The van der Waals surface area contributed by atoms with Gasteiger partial charge in [0.1, 0.15) is 0 Å². The fourth-order valence-corrected chi connectivity index (χ4v) is 2.41. The molecule has 0 aliphatic carbocycles. The zero-order chi connectivity index (χ0) is 13.1. The van der Waals surface area contributed by atoms with Crippen LogP contribution in [0.4, 0.5) is 0 Å². The van der Waals surface area contributed by atoms with E-state index in [1.807, 2.05) is 19.1 Å². The maximum absolute atomic E-state index is 12.0. The van der Waals surface area contributed by atoms with Crippen molar-refractivity contribution in [3.05, 3.63) is 21.9 Å². The van der Waals surface area contributed by atoms with Crippen LogP contribution in [0.2, 0.25) is 0 Å². The molecule has 1 atom stereocenters. The lowest BCUT2D eigenvalue weighted by Gasteiger charge is -2.30. The molecule has 0 bridgehead atoms. The Hall–Kier alpha value is -0.870. The van der Waals surface area contributed by atoms with Gasteiger partial charge in [-0.25, -0.2) is 0 Å². The molecule has 1 unspecified atom stereocenters. The van der Waals surface area contributed by atoms with E-state index in [2.05, 4.69) is 26.1 Å². The molecule has 4 heteroatoms. The third-order valence-electron chi connectivity index (χ3n) is 2.73. The summed E-state index contributed by atoms with van der Waals surface area (Å²) in [7, 11) is 0. The fraction of sp³-hybridized carbons (Fsp3) is 0.615. The van der Waals surface area contributed by atoms with E-state index >= 15 is 0 Å². The molecule has 2 N–H and O–H groups in total. The summed E-state index contributed by atoms with van der Waals surface area (Å²) in [5, 5.41) is 12.0. The van der Waals surface area contributed by atoms with Crippen molar-refractivity contribution in [2.45, 2.75) is 40.2 Å². The minimum absolute atomic E-state index is 0.0117. The Kier molecular flexibility index (Phi) is 4.71. The molecule has 0 aliphatic heterocycles. The van der Waals surface area contributed by atoms with Crippen LogP contribution < -0.4 is 5.32 Å². The van der Waals surface area contributed by atoms with Crippen molar-refractivity contribution in [1.29, 1.82) is 0 Å². The molecule has 0 saturated heterocycles. The van der Waals surface area contributed by atoms with Crippen LogP contribution in [0, 0.1) is 12.3 Å². The molecular weight excluding hydrogens is 234 g/mol. The smallest absolute Gasteiger partial charge is 0.261 e. The highest BCUT2D eigenvalue weighted by Crippen LogP contribution is 2.23. The number of aryl methyl sites for hydroxylation is 1. The highest BCUT2D eigenvalue weighted by Gasteiger charge is 2.26. The monoisotopic (exact) mass is 255 g/mol. The first-order valence-corrected chi connectivity index (χ1v) is 6.64. The summed E-state index contributed by atoms with van der Waals surface area (Å²) in [4.78, 5) is 13.9. The largest absolute Gasteiger partial charge is 0.396 e. The van der Waals surface area contributed by atoms with E-state index in [1.54, 1.807) is 0 Å². The van der Waals surface area contributed by atoms with E-state index in [1.165, 1.54) is 11.3 Å². The van der Waals surface area contributed by atoms with Crippen molar-refractivity contribution in [3.63, 3.8) is 0 Å².